The van der Waals surface area contributed by atoms with Crippen LogP contribution in [0.3, 0.4) is 0 Å². The second-order valence-electron chi connectivity index (χ2n) is 5.95. The van der Waals surface area contributed by atoms with Gasteiger partial charge in [0, 0.05) is 12.2 Å². The molecule has 0 aliphatic carbocycles. The van der Waals surface area contributed by atoms with Crippen molar-refractivity contribution in [3.63, 3.8) is 0 Å². The van der Waals surface area contributed by atoms with Crippen molar-refractivity contribution in [1.29, 1.82) is 0 Å². The van der Waals surface area contributed by atoms with E-state index in [0.717, 1.165) is 16.8 Å². The molecule has 1 aromatic carbocycles. The molecule has 0 radical (unpaired) electrons. The molecule has 0 bridgehead atoms. The Hall–Kier alpha value is -1.44. The number of sulfonamides is 1. The molecule has 1 saturated heterocycles. The number of hydrogen-bond donors (Lipinski definition) is 1. The lowest BCUT2D eigenvalue weighted by atomic mass is 10.1. The van der Waals surface area contributed by atoms with E-state index >= 15 is 0 Å². The molecule has 2 rings (SSSR count). The average molecular weight is 340 g/mol. The third-order valence-electron chi connectivity index (χ3n) is 3.65. The van der Waals surface area contributed by atoms with Crippen molar-refractivity contribution in [2.45, 2.75) is 33.3 Å². The minimum absolute atomic E-state index is 0.0346. The number of aryl methyl sites for hydroxylation is 2. The highest BCUT2D eigenvalue weighted by Crippen LogP contribution is 2.21. The summed E-state index contributed by atoms with van der Waals surface area (Å²) < 4.78 is 31.5. The van der Waals surface area contributed by atoms with Gasteiger partial charge in [-0.3, -0.25) is 4.79 Å². The van der Waals surface area contributed by atoms with Gasteiger partial charge in [-0.2, -0.15) is 0 Å². The van der Waals surface area contributed by atoms with Crippen LogP contribution in [0.4, 0.5) is 5.69 Å². The molecular formula is C16H24N2O4S. The molecule has 1 fully saturated rings. The van der Waals surface area contributed by atoms with Crippen molar-refractivity contribution < 1.29 is 17.9 Å². The van der Waals surface area contributed by atoms with Crippen LogP contribution in [0.15, 0.2) is 18.2 Å². The first-order valence-electron chi connectivity index (χ1n) is 7.78. The van der Waals surface area contributed by atoms with Gasteiger partial charge in [-0.1, -0.05) is 13.0 Å². The van der Waals surface area contributed by atoms with Gasteiger partial charge >= 0.3 is 0 Å². The molecule has 128 valence electrons. The zero-order valence-electron chi connectivity index (χ0n) is 13.8. The summed E-state index contributed by atoms with van der Waals surface area (Å²) in [6, 6.07) is 5.95. The van der Waals surface area contributed by atoms with E-state index in [4.69, 9.17) is 4.74 Å². The van der Waals surface area contributed by atoms with Gasteiger partial charge in [-0.25, -0.2) is 13.1 Å². The number of ether oxygens (including phenoxy) is 1. The number of carbonyl (C=O) groups is 1. The first kappa shape index (κ1) is 17.9. The summed E-state index contributed by atoms with van der Waals surface area (Å²) in [6.45, 7) is 6.27. The monoisotopic (exact) mass is 340 g/mol. The van der Waals surface area contributed by atoms with E-state index in [2.05, 4.69) is 4.72 Å². The fourth-order valence-corrected chi connectivity index (χ4v) is 3.79. The van der Waals surface area contributed by atoms with E-state index in [0.29, 0.717) is 13.0 Å². The third kappa shape index (κ3) is 5.02. The molecule has 1 aromatic rings. The smallest absolute Gasteiger partial charge is 0.253 e. The van der Waals surface area contributed by atoms with Crippen molar-refractivity contribution >= 4 is 21.6 Å². The van der Waals surface area contributed by atoms with Crippen LogP contribution >= 0.6 is 0 Å². The average Bonchev–Trinajstić information content (AvgIpc) is 2.45. The predicted octanol–water partition coefficient (Wildman–Crippen LogP) is 1.36. The molecule has 1 aliphatic rings. The van der Waals surface area contributed by atoms with Gasteiger partial charge in [0.15, 0.2) is 0 Å². The molecule has 6 nitrogen and oxygen atoms in total. The Balaban J connectivity index is 2.06. The van der Waals surface area contributed by atoms with Crippen LogP contribution in [0, 0.1) is 13.8 Å². The second-order valence-corrected chi connectivity index (χ2v) is 7.88. The lowest BCUT2D eigenvalue weighted by Gasteiger charge is -2.33. The topological polar surface area (TPSA) is 75.7 Å². The molecular weight excluding hydrogens is 316 g/mol. The highest BCUT2D eigenvalue weighted by Gasteiger charge is 2.28. The summed E-state index contributed by atoms with van der Waals surface area (Å²) >= 11 is 0. The van der Waals surface area contributed by atoms with E-state index in [-0.39, 0.29) is 30.9 Å². The maximum atomic E-state index is 12.1. The van der Waals surface area contributed by atoms with E-state index in [1.807, 2.05) is 39.0 Å². The predicted molar refractivity (Wildman–Crippen MR) is 90.1 cm³/mol. The molecule has 23 heavy (non-hydrogen) atoms. The number of morpholine rings is 1. The van der Waals surface area contributed by atoms with E-state index in [1.54, 1.807) is 4.90 Å². The Morgan fingerprint density at radius 3 is 2.52 bits per heavy atom. The van der Waals surface area contributed by atoms with Gasteiger partial charge in [-0.15, -0.1) is 0 Å². The van der Waals surface area contributed by atoms with Gasteiger partial charge in [0.1, 0.15) is 6.61 Å². The first-order chi connectivity index (χ1) is 10.8. The van der Waals surface area contributed by atoms with E-state index in [1.165, 1.54) is 0 Å². The summed E-state index contributed by atoms with van der Waals surface area (Å²) in [5.74, 6) is -0.0120. The highest BCUT2D eigenvalue weighted by molar-refractivity contribution is 7.89. The molecule has 1 N–H and O–H groups in total. The standard InChI is InChI=1S/C16H24N2O4S/c1-4-5-23(20,21)17-9-15-10-18(16(19)11-22-15)14-7-12(2)6-13(3)8-14/h6-8,15,17H,4-5,9-11H2,1-3H3. The fraction of sp³-hybridized carbons (Fsp3) is 0.562. The van der Waals surface area contributed by atoms with Crippen LogP contribution in [0.2, 0.25) is 0 Å². The SMILES string of the molecule is CCCS(=O)(=O)NCC1CN(c2cc(C)cc(C)c2)C(=O)CO1. The minimum Gasteiger partial charge on any atom is -0.365 e. The van der Waals surface area contributed by atoms with Crippen LogP contribution in [-0.4, -0.2) is 45.9 Å². The number of anilines is 1. The molecule has 0 spiro atoms. The molecule has 0 aromatic heterocycles. The number of rotatable bonds is 6. The molecule has 1 heterocycles. The van der Waals surface area contributed by atoms with Crippen molar-refractivity contribution in [1.82, 2.24) is 4.72 Å². The van der Waals surface area contributed by atoms with Crippen LogP contribution in [-0.2, 0) is 19.6 Å². The number of carbonyl (C=O) groups excluding carboxylic acids is 1. The lowest BCUT2D eigenvalue weighted by Crippen LogP contribution is -2.50. The van der Waals surface area contributed by atoms with Gasteiger partial charge in [-0.05, 0) is 43.5 Å². The van der Waals surface area contributed by atoms with Crippen LogP contribution in [0.1, 0.15) is 24.5 Å². The van der Waals surface area contributed by atoms with Crippen LogP contribution in [0.5, 0.6) is 0 Å². The second kappa shape index (κ2) is 7.42. The molecule has 7 heteroatoms. The summed E-state index contributed by atoms with van der Waals surface area (Å²) in [4.78, 5) is 13.8. The number of nitrogens with one attached hydrogen (secondary N) is 1. The zero-order chi connectivity index (χ0) is 17.0. The van der Waals surface area contributed by atoms with Gasteiger partial charge in [0.05, 0.1) is 18.4 Å². The van der Waals surface area contributed by atoms with Gasteiger partial charge in [0.25, 0.3) is 5.91 Å². The summed E-state index contributed by atoms with van der Waals surface area (Å²) in [5.41, 5.74) is 3.00. The Morgan fingerprint density at radius 2 is 1.91 bits per heavy atom. The molecule has 0 saturated carbocycles. The third-order valence-corrected chi connectivity index (χ3v) is 5.20. The number of amides is 1. The zero-order valence-corrected chi connectivity index (χ0v) is 14.6. The highest BCUT2D eigenvalue weighted by atomic mass is 32.2. The summed E-state index contributed by atoms with van der Waals surface area (Å²) in [7, 11) is -3.27. The molecule has 1 amide bonds. The Labute approximate surface area is 137 Å². The lowest BCUT2D eigenvalue weighted by molar-refractivity contribution is -0.129. The first-order valence-corrected chi connectivity index (χ1v) is 9.43. The molecule has 1 unspecified atom stereocenters. The maximum absolute atomic E-state index is 12.1. The Morgan fingerprint density at radius 1 is 1.26 bits per heavy atom. The van der Waals surface area contributed by atoms with Crippen LogP contribution < -0.4 is 9.62 Å². The Kier molecular flexibility index (Phi) is 5.78. The largest absolute Gasteiger partial charge is 0.365 e. The molecule has 1 aliphatic heterocycles. The Bertz CT molecular complexity index is 652. The number of benzene rings is 1. The number of nitrogens with zero attached hydrogens (tertiary/aromatic N) is 1. The quantitative estimate of drug-likeness (QED) is 0.848. The van der Waals surface area contributed by atoms with Gasteiger partial charge < -0.3 is 9.64 Å². The van der Waals surface area contributed by atoms with Crippen molar-refractivity contribution in [2.75, 3.05) is 30.3 Å². The summed E-state index contributed by atoms with van der Waals surface area (Å²) in [5, 5.41) is 0. The normalized spacial score (nSPS) is 19.2. The summed E-state index contributed by atoms with van der Waals surface area (Å²) in [6.07, 6.45) is 0.216. The maximum Gasteiger partial charge on any atom is 0.253 e. The van der Waals surface area contributed by atoms with Gasteiger partial charge in [0.2, 0.25) is 10.0 Å². The van der Waals surface area contributed by atoms with Crippen molar-refractivity contribution in [3.8, 4) is 0 Å². The minimum atomic E-state index is -3.27. The van der Waals surface area contributed by atoms with Crippen molar-refractivity contribution in [3.05, 3.63) is 29.3 Å². The molecule has 1 atom stereocenters. The fourth-order valence-electron chi connectivity index (χ4n) is 2.67. The van der Waals surface area contributed by atoms with Crippen LogP contribution in [0.25, 0.3) is 0 Å². The van der Waals surface area contributed by atoms with E-state index < -0.39 is 10.0 Å². The van der Waals surface area contributed by atoms with E-state index in [9.17, 15) is 13.2 Å². The number of hydrogen-bond acceptors (Lipinski definition) is 4. The van der Waals surface area contributed by atoms with Crippen molar-refractivity contribution in [2.24, 2.45) is 0 Å².